The summed E-state index contributed by atoms with van der Waals surface area (Å²) < 4.78 is 13.6. The maximum absolute atomic E-state index is 13.6. The average Bonchev–Trinajstić information content (AvgIpc) is 3.18. The Balaban J connectivity index is 1.80. The number of thiocarbonyl (C=S) groups is 1. The van der Waals surface area contributed by atoms with Crippen LogP contribution in [0.1, 0.15) is 16.1 Å². The lowest BCUT2D eigenvalue weighted by atomic mass is 10.1. The predicted molar refractivity (Wildman–Crippen MR) is 103 cm³/mol. The van der Waals surface area contributed by atoms with Crippen molar-refractivity contribution in [2.45, 2.75) is 19.9 Å². The van der Waals surface area contributed by atoms with Gasteiger partial charge in [0.15, 0.2) is 5.11 Å². The van der Waals surface area contributed by atoms with Crippen molar-refractivity contribution in [3.63, 3.8) is 0 Å². The van der Waals surface area contributed by atoms with Crippen LogP contribution >= 0.6 is 23.6 Å². The van der Waals surface area contributed by atoms with E-state index >= 15 is 0 Å². The highest BCUT2D eigenvalue weighted by Gasteiger charge is 2.14. The lowest BCUT2D eigenvalue weighted by Gasteiger charge is -2.24. The molecule has 0 saturated heterocycles. The molecule has 3 aromatic rings. The van der Waals surface area contributed by atoms with E-state index in [4.69, 9.17) is 12.2 Å². The van der Waals surface area contributed by atoms with E-state index in [1.807, 2.05) is 20.0 Å². The molecule has 1 aromatic carbocycles. The van der Waals surface area contributed by atoms with Gasteiger partial charge in [0.05, 0.1) is 6.54 Å². The van der Waals surface area contributed by atoms with Gasteiger partial charge in [-0.2, -0.15) is 0 Å². The highest BCUT2D eigenvalue weighted by molar-refractivity contribution is 7.80. The van der Waals surface area contributed by atoms with Crippen LogP contribution in [0, 0.1) is 12.7 Å². The van der Waals surface area contributed by atoms with Crippen LogP contribution in [-0.2, 0) is 13.0 Å². The van der Waals surface area contributed by atoms with Crippen molar-refractivity contribution in [3.05, 3.63) is 57.7 Å². The topological polar surface area (TPSA) is 31.1 Å². The molecule has 126 valence electrons. The number of rotatable bonds is 5. The fourth-order valence-corrected chi connectivity index (χ4v) is 3.80. The average molecular weight is 362 g/mol. The minimum Gasteiger partial charge on any atom is -0.366 e. The summed E-state index contributed by atoms with van der Waals surface area (Å²) >= 11 is 7.17. The van der Waals surface area contributed by atoms with Gasteiger partial charge in [0, 0.05) is 35.1 Å². The minimum atomic E-state index is -0.205. The maximum Gasteiger partial charge on any atom is 0.169 e. The summed E-state index contributed by atoms with van der Waals surface area (Å²) in [6, 6.07) is 9.05. The number of nitrogens with one attached hydrogen (secondary N) is 2. The highest BCUT2D eigenvalue weighted by Crippen LogP contribution is 2.24. The first-order valence-corrected chi connectivity index (χ1v) is 9.13. The van der Waals surface area contributed by atoms with Gasteiger partial charge in [-0.1, -0.05) is 6.07 Å². The summed E-state index contributed by atoms with van der Waals surface area (Å²) in [6.45, 7) is 3.60. The van der Waals surface area contributed by atoms with Crippen molar-refractivity contribution in [3.8, 4) is 0 Å². The molecule has 0 aliphatic heterocycles. The molecule has 0 amide bonds. The largest absolute Gasteiger partial charge is 0.366 e. The van der Waals surface area contributed by atoms with E-state index in [1.165, 1.54) is 10.9 Å². The summed E-state index contributed by atoms with van der Waals surface area (Å²) in [5.74, 6) is -0.205. The second-order valence-corrected chi connectivity index (χ2v) is 7.14. The molecule has 2 aromatic heterocycles. The molecular formula is C18H20FN3S2. The van der Waals surface area contributed by atoms with Crippen molar-refractivity contribution < 1.29 is 4.39 Å². The molecule has 0 atom stereocenters. The summed E-state index contributed by atoms with van der Waals surface area (Å²) in [5, 5.41) is 6.82. The normalized spacial score (nSPS) is 11.0. The van der Waals surface area contributed by atoms with Gasteiger partial charge >= 0.3 is 0 Å². The molecule has 0 spiro atoms. The van der Waals surface area contributed by atoms with E-state index in [0.717, 1.165) is 46.8 Å². The molecule has 2 N–H and O–H groups in total. The van der Waals surface area contributed by atoms with Crippen molar-refractivity contribution in [1.29, 1.82) is 0 Å². The second kappa shape index (κ2) is 7.32. The minimum absolute atomic E-state index is 0.205. The zero-order valence-electron chi connectivity index (χ0n) is 13.7. The lowest BCUT2D eigenvalue weighted by molar-refractivity contribution is 0.416. The molecule has 0 aliphatic carbocycles. The molecule has 0 fully saturated rings. The summed E-state index contributed by atoms with van der Waals surface area (Å²) in [6.07, 6.45) is 0.808. The van der Waals surface area contributed by atoms with Crippen LogP contribution in [0.2, 0.25) is 0 Å². The molecule has 3 rings (SSSR count). The summed E-state index contributed by atoms with van der Waals surface area (Å²) in [7, 11) is 1.84. The third-order valence-corrected chi connectivity index (χ3v) is 5.46. The van der Waals surface area contributed by atoms with Gasteiger partial charge < -0.3 is 15.2 Å². The van der Waals surface area contributed by atoms with Crippen LogP contribution in [0.15, 0.2) is 35.7 Å². The number of halogens is 1. The van der Waals surface area contributed by atoms with Crippen LogP contribution in [-0.4, -0.2) is 28.6 Å². The Bertz CT molecular complexity index is 839. The Morgan fingerprint density at radius 3 is 2.92 bits per heavy atom. The smallest absolute Gasteiger partial charge is 0.169 e. The predicted octanol–water partition coefficient (Wildman–Crippen LogP) is 4.23. The van der Waals surface area contributed by atoms with Crippen molar-refractivity contribution in [2.75, 3.05) is 13.6 Å². The molecule has 6 heteroatoms. The first-order chi connectivity index (χ1) is 11.6. The quantitative estimate of drug-likeness (QED) is 0.667. The molecule has 2 heterocycles. The van der Waals surface area contributed by atoms with Crippen LogP contribution in [0.5, 0.6) is 0 Å². The Morgan fingerprint density at radius 2 is 2.21 bits per heavy atom. The van der Waals surface area contributed by atoms with E-state index < -0.39 is 0 Å². The third-order valence-electron chi connectivity index (χ3n) is 4.14. The maximum atomic E-state index is 13.6. The number of hydrogen-bond donors (Lipinski definition) is 2. The van der Waals surface area contributed by atoms with Gasteiger partial charge in [-0.3, -0.25) is 0 Å². The molecule has 24 heavy (non-hydrogen) atoms. The number of benzene rings is 1. The molecular weight excluding hydrogens is 341 g/mol. The monoisotopic (exact) mass is 361 g/mol. The number of H-pyrrole nitrogens is 1. The number of hydrogen-bond acceptors (Lipinski definition) is 2. The molecule has 0 unspecified atom stereocenters. The van der Waals surface area contributed by atoms with Crippen LogP contribution < -0.4 is 5.32 Å². The summed E-state index contributed by atoms with van der Waals surface area (Å²) in [4.78, 5) is 6.76. The van der Waals surface area contributed by atoms with Gasteiger partial charge in [0.1, 0.15) is 5.82 Å². The Labute approximate surface area is 150 Å². The molecule has 3 nitrogen and oxygen atoms in total. The number of aryl methyl sites for hydroxylation is 1. The van der Waals surface area contributed by atoms with E-state index in [2.05, 4.69) is 26.6 Å². The zero-order chi connectivity index (χ0) is 17.1. The SMILES string of the molecule is CNC(=S)N(CCc1c(C)[nH]c2ccc(F)cc12)Cc1cccs1. The molecule has 0 saturated carbocycles. The Kier molecular flexibility index (Phi) is 5.16. The van der Waals surface area contributed by atoms with E-state index in [0.29, 0.717) is 0 Å². The third kappa shape index (κ3) is 3.60. The second-order valence-electron chi connectivity index (χ2n) is 5.72. The van der Waals surface area contributed by atoms with Gasteiger partial charge in [0.2, 0.25) is 0 Å². The fourth-order valence-electron chi connectivity index (χ4n) is 2.92. The summed E-state index contributed by atoms with van der Waals surface area (Å²) in [5.41, 5.74) is 3.21. The van der Waals surface area contributed by atoms with Gasteiger partial charge in [-0.25, -0.2) is 4.39 Å². The highest BCUT2D eigenvalue weighted by atomic mass is 32.1. The van der Waals surface area contributed by atoms with Crippen LogP contribution in [0.3, 0.4) is 0 Å². The number of fused-ring (bicyclic) bond motifs is 1. The molecule has 0 radical (unpaired) electrons. The number of thiophene rings is 1. The molecule has 0 bridgehead atoms. The van der Waals surface area contributed by atoms with Crippen molar-refractivity contribution in [1.82, 2.24) is 15.2 Å². The van der Waals surface area contributed by atoms with Crippen LogP contribution in [0.25, 0.3) is 10.9 Å². The van der Waals surface area contributed by atoms with E-state index in [9.17, 15) is 4.39 Å². The van der Waals surface area contributed by atoms with Crippen molar-refractivity contribution >= 4 is 39.6 Å². The number of aromatic amines is 1. The first-order valence-electron chi connectivity index (χ1n) is 7.84. The Morgan fingerprint density at radius 1 is 1.38 bits per heavy atom. The van der Waals surface area contributed by atoms with E-state index in [-0.39, 0.29) is 5.82 Å². The van der Waals surface area contributed by atoms with Gasteiger partial charge in [-0.15, -0.1) is 11.3 Å². The van der Waals surface area contributed by atoms with Crippen molar-refractivity contribution in [2.24, 2.45) is 0 Å². The fraction of sp³-hybridized carbons (Fsp3) is 0.278. The van der Waals surface area contributed by atoms with Crippen LogP contribution in [0.4, 0.5) is 4.39 Å². The lowest BCUT2D eigenvalue weighted by Crippen LogP contribution is -2.38. The molecule has 0 aliphatic rings. The van der Waals surface area contributed by atoms with Gasteiger partial charge in [-0.05, 0) is 60.8 Å². The zero-order valence-corrected chi connectivity index (χ0v) is 15.4. The first kappa shape index (κ1) is 16.9. The van der Waals surface area contributed by atoms with Gasteiger partial charge in [0.25, 0.3) is 0 Å². The number of nitrogens with zero attached hydrogens (tertiary/aromatic N) is 1. The number of aromatic nitrogens is 1. The van der Waals surface area contributed by atoms with E-state index in [1.54, 1.807) is 23.5 Å². The standard InChI is InChI=1S/C18H20FN3S2/c1-12-15(16-10-13(19)5-6-17(16)21-12)7-8-22(18(23)20-2)11-14-4-3-9-24-14/h3-6,9-10,21H,7-8,11H2,1-2H3,(H,20,23). The Hall–Kier alpha value is -1.92.